The summed E-state index contributed by atoms with van der Waals surface area (Å²) in [4.78, 5) is 15.4. The molecule has 0 unspecified atom stereocenters. The molecule has 4 nitrogen and oxygen atoms in total. The van der Waals surface area contributed by atoms with Gasteiger partial charge in [-0.2, -0.15) is 0 Å². The van der Waals surface area contributed by atoms with E-state index < -0.39 is 11.8 Å². The molecule has 0 aliphatic carbocycles. The second-order valence-corrected chi connectivity index (χ2v) is 6.29. The lowest BCUT2D eigenvalue weighted by Crippen LogP contribution is -2.02. The van der Waals surface area contributed by atoms with Gasteiger partial charge in [-0.25, -0.2) is 14.2 Å². The van der Waals surface area contributed by atoms with Crippen LogP contribution in [-0.2, 0) is 6.61 Å². The van der Waals surface area contributed by atoms with Crippen molar-refractivity contribution >= 4 is 28.9 Å². The fourth-order valence-electron chi connectivity index (χ4n) is 2.06. The van der Waals surface area contributed by atoms with Crippen molar-refractivity contribution in [3.05, 3.63) is 70.6 Å². The van der Waals surface area contributed by atoms with Crippen molar-refractivity contribution in [3.8, 4) is 15.6 Å². The molecule has 1 N–H and O–H groups in total. The maximum absolute atomic E-state index is 13.3. The fraction of sp³-hybridized carbons (Fsp3) is 0.0588. The Morgan fingerprint density at radius 2 is 2.04 bits per heavy atom. The highest BCUT2D eigenvalue weighted by molar-refractivity contribution is 7.17. The highest BCUT2D eigenvalue weighted by atomic mass is 35.5. The van der Waals surface area contributed by atoms with Crippen LogP contribution in [0.15, 0.2) is 48.5 Å². The summed E-state index contributed by atoms with van der Waals surface area (Å²) in [5.74, 6) is -1.61. The molecular formula is C17H11ClFNO3S. The number of hydrogen-bond acceptors (Lipinski definition) is 4. The monoisotopic (exact) mass is 363 g/mol. The Labute approximate surface area is 146 Å². The van der Waals surface area contributed by atoms with E-state index in [0.29, 0.717) is 15.6 Å². The topological polar surface area (TPSA) is 59.4 Å². The highest BCUT2D eigenvalue weighted by Gasteiger charge is 2.20. The fourth-order valence-corrected chi connectivity index (χ4v) is 3.18. The molecule has 1 heterocycles. The smallest absolute Gasteiger partial charge is 0.359 e. The molecule has 3 aromatic rings. The second-order valence-electron chi connectivity index (χ2n) is 4.89. The number of aromatic carboxylic acids is 1. The number of hydrogen-bond donors (Lipinski definition) is 1. The van der Waals surface area contributed by atoms with Crippen LogP contribution in [0.25, 0.3) is 10.6 Å². The molecule has 0 saturated heterocycles. The molecular weight excluding hydrogens is 353 g/mol. The van der Waals surface area contributed by atoms with Crippen LogP contribution in [0.2, 0.25) is 5.02 Å². The first kappa shape index (κ1) is 16.4. The summed E-state index contributed by atoms with van der Waals surface area (Å²) in [5.41, 5.74) is 1.11. The average molecular weight is 364 g/mol. The van der Waals surface area contributed by atoms with Crippen LogP contribution in [0.5, 0.6) is 5.06 Å². The van der Waals surface area contributed by atoms with E-state index in [0.717, 1.165) is 16.9 Å². The van der Waals surface area contributed by atoms with Gasteiger partial charge in [0, 0.05) is 10.6 Å². The zero-order valence-corrected chi connectivity index (χ0v) is 13.8. The molecule has 0 radical (unpaired) electrons. The minimum atomic E-state index is -1.20. The summed E-state index contributed by atoms with van der Waals surface area (Å²) in [5, 5.41) is 10.4. The van der Waals surface area contributed by atoms with Crippen LogP contribution >= 0.6 is 22.9 Å². The number of carboxylic acids is 1. The summed E-state index contributed by atoms with van der Waals surface area (Å²) < 4.78 is 18.9. The van der Waals surface area contributed by atoms with Gasteiger partial charge < -0.3 is 9.84 Å². The van der Waals surface area contributed by atoms with E-state index in [4.69, 9.17) is 16.3 Å². The molecule has 0 amide bonds. The van der Waals surface area contributed by atoms with Gasteiger partial charge in [0.15, 0.2) is 0 Å². The largest absolute Gasteiger partial charge is 0.477 e. The lowest BCUT2D eigenvalue weighted by molar-refractivity contribution is 0.0686. The first-order chi connectivity index (χ1) is 11.5. The van der Waals surface area contributed by atoms with Gasteiger partial charge in [-0.3, -0.25) is 0 Å². The molecule has 0 aliphatic rings. The van der Waals surface area contributed by atoms with Gasteiger partial charge in [0.2, 0.25) is 10.8 Å². The Bertz CT molecular complexity index is 897. The van der Waals surface area contributed by atoms with Crippen LogP contribution in [0, 0.1) is 5.82 Å². The summed E-state index contributed by atoms with van der Waals surface area (Å²) in [6, 6.07) is 12.9. The Balaban J connectivity index is 1.88. The first-order valence-electron chi connectivity index (χ1n) is 6.90. The molecule has 0 saturated carbocycles. The van der Waals surface area contributed by atoms with Crippen LogP contribution in [0.3, 0.4) is 0 Å². The first-order valence-corrected chi connectivity index (χ1v) is 8.09. The lowest BCUT2D eigenvalue weighted by Gasteiger charge is -2.04. The van der Waals surface area contributed by atoms with E-state index in [1.165, 1.54) is 12.1 Å². The second kappa shape index (κ2) is 6.98. The minimum Gasteiger partial charge on any atom is -0.477 e. The predicted octanol–water partition coefficient (Wildman–Crippen LogP) is 4.88. The molecule has 0 atom stereocenters. The zero-order chi connectivity index (χ0) is 17.1. The predicted molar refractivity (Wildman–Crippen MR) is 90.3 cm³/mol. The molecule has 7 heteroatoms. The number of rotatable bonds is 5. The molecule has 0 bridgehead atoms. The van der Waals surface area contributed by atoms with Crippen molar-refractivity contribution in [2.24, 2.45) is 0 Å². The maximum atomic E-state index is 13.3. The zero-order valence-electron chi connectivity index (χ0n) is 12.2. The van der Waals surface area contributed by atoms with Crippen molar-refractivity contribution in [2.75, 3.05) is 0 Å². The molecule has 2 aromatic carbocycles. The highest BCUT2D eigenvalue weighted by Crippen LogP contribution is 2.35. The molecule has 3 rings (SSSR count). The summed E-state index contributed by atoms with van der Waals surface area (Å²) in [6.45, 7) is 0.158. The van der Waals surface area contributed by atoms with E-state index >= 15 is 0 Å². The van der Waals surface area contributed by atoms with Crippen LogP contribution in [0.1, 0.15) is 16.1 Å². The molecule has 1 aromatic heterocycles. The van der Waals surface area contributed by atoms with Crippen molar-refractivity contribution in [1.29, 1.82) is 0 Å². The Morgan fingerprint density at radius 3 is 2.75 bits per heavy atom. The third-order valence-electron chi connectivity index (χ3n) is 3.13. The van der Waals surface area contributed by atoms with Crippen LogP contribution < -0.4 is 4.74 Å². The normalized spacial score (nSPS) is 10.6. The van der Waals surface area contributed by atoms with Gasteiger partial charge in [0.1, 0.15) is 17.4 Å². The van der Waals surface area contributed by atoms with Gasteiger partial charge in [0.25, 0.3) is 0 Å². The third-order valence-corrected chi connectivity index (χ3v) is 4.38. The number of benzene rings is 2. The van der Waals surface area contributed by atoms with Crippen molar-refractivity contribution in [1.82, 2.24) is 4.98 Å². The lowest BCUT2D eigenvalue weighted by atomic mass is 10.2. The number of thiazole rings is 1. The van der Waals surface area contributed by atoms with Crippen LogP contribution in [-0.4, -0.2) is 16.1 Å². The number of carboxylic acid groups (broad SMARTS) is 1. The Morgan fingerprint density at radius 1 is 1.25 bits per heavy atom. The van der Waals surface area contributed by atoms with Gasteiger partial charge in [-0.15, -0.1) is 0 Å². The van der Waals surface area contributed by atoms with Gasteiger partial charge in [0.05, 0.1) is 0 Å². The van der Waals surface area contributed by atoms with E-state index in [1.54, 1.807) is 30.3 Å². The van der Waals surface area contributed by atoms with E-state index in [9.17, 15) is 14.3 Å². The standard InChI is InChI=1S/C17H11ClFNO3S/c18-12-5-1-3-10(7-12)9-23-17-14(16(21)22)20-15(24-17)11-4-2-6-13(19)8-11/h1-8H,9H2,(H,21,22). The summed E-state index contributed by atoms with van der Waals surface area (Å²) in [7, 11) is 0. The molecule has 24 heavy (non-hydrogen) atoms. The van der Waals surface area contributed by atoms with E-state index in [1.807, 2.05) is 6.07 Å². The number of carbonyl (C=O) groups is 1. The van der Waals surface area contributed by atoms with Crippen LogP contribution in [0.4, 0.5) is 4.39 Å². The van der Waals surface area contributed by atoms with Gasteiger partial charge in [-0.05, 0) is 29.8 Å². The van der Waals surface area contributed by atoms with Gasteiger partial charge >= 0.3 is 5.97 Å². The Kier molecular flexibility index (Phi) is 4.78. The minimum absolute atomic E-state index is 0.158. The summed E-state index contributed by atoms with van der Waals surface area (Å²) >= 11 is 6.97. The van der Waals surface area contributed by atoms with E-state index in [2.05, 4.69) is 4.98 Å². The molecule has 0 fully saturated rings. The molecule has 0 aliphatic heterocycles. The Hall–Kier alpha value is -2.44. The van der Waals surface area contributed by atoms with Crippen molar-refractivity contribution in [2.45, 2.75) is 6.61 Å². The van der Waals surface area contributed by atoms with Crippen molar-refractivity contribution < 1.29 is 19.0 Å². The molecule has 122 valence electrons. The average Bonchev–Trinajstić information content (AvgIpc) is 2.97. The number of aromatic nitrogens is 1. The number of halogens is 2. The maximum Gasteiger partial charge on any atom is 0.359 e. The van der Waals surface area contributed by atoms with Gasteiger partial charge in [-0.1, -0.05) is 47.2 Å². The quantitative estimate of drug-likeness (QED) is 0.701. The molecule has 0 spiro atoms. The summed E-state index contributed by atoms with van der Waals surface area (Å²) in [6.07, 6.45) is 0. The SMILES string of the molecule is O=C(O)c1nc(-c2cccc(F)c2)sc1OCc1cccc(Cl)c1. The number of nitrogens with zero attached hydrogens (tertiary/aromatic N) is 1. The number of ether oxygens (including phenoxy) is 1. The van der Waals surface area contributed by atoms with Crippen molar-refractivity contribution in [3.63, 3.8) is 0 Å². The third kappa shape index (κ3) is 3.72. The van der Waals surface area contributed by atoms with E-state index in [-0.39, 0.29) is 17.4 Å².